The fraction of sp³-hybridized carbons (Fsp3) is 0.111. The van der Waals surface area contributed by atoms with Crippen molar-refractivity contribution < 1.29 is 13.0 Å². The van der Waals surface area contributed by atoms with Crippen molar-refractivity contribution in [3.8, 4) is 0 Å². The molecule has 0 saturated heterocycles. The molecule has 0 amide bonds. The third-order valence-corrected chi connectivity index (χ3v) is 2.07. The van der Waals surface area contributed by atoms with Gasteiger partial charge in [0.25, 0.3) is 0 Å². The van der Waals surface area contributed by atoms with Gasteiger partial charge in [0, 0.05) is 0 Å². The minimum absolute atomic E-state index is 0.334. The van der Waals surface area contributed by atoms with E-state index in [0.717, 1.165) is 12.0 Å². The molecule has 0 aliphatic carbocycles. The minimum atomic E-state index is -4.17. The quantitative estimate of drug-likeness (QED) is 0.590. The number of rotatable bonds is 4. The Labute approximate surface area is 83.2 Å². The summed E-state index contributed by atoms with van der Waals surface area (Å²) in [7, 11) is -4.17. The lowest BCUT2D eigenvalue weighted by molar-refractivity contribution is 0.489. The van der Waals surface area contributed by atoms with Gasteiger partial charge in [0.05, 0.1) is 5.69 Å². The van der Waals surface area contributed by atoms with Gasteiger partial charge in [-0.2, -0.15) is 8.42 Å². The van der Waals surface area contributed by atoms with Crippen LogP contribution in [-0.4, -0.2) is 13.0 Å². The highest BCUT2D eigenvalue weighted by molar-refractivity contribution is 7.87. The second kappa shape index (κ2) is 4.26. The zero-order chi connectivity index (χ0) is 10.6. The molecule has 0 atom stereocenters. The maximum Gasteiger partial charge on any atom is 0.357 e. The minimum Gasteiger partial charge on any atom is -0.269 e. The van der Waals surface area contributed by atoms with Crippen molar-refractivity contribution in [1.82, 2.24) is 0 Å². The highest BCUT2D eigenvalue weighted by Crippen LogP contribution is 2.11. The Morgan fingerprint density at radius 2 is 1.93 bits per heavy atom. The van der Waals surface area contributed by atoms with E-state index < -0.39 is 10.3 Å². The van der Waals surface area contributed by atoms with E-state index in [-0.39, 0.29) is 0 Å². The lowest BCUT2D eigenvalue weighted by atomic mass is 10.1. The fourth-order valence-electron chi connectivity index (χ4n) is 1.02. The molecular formula is C9H11NO3S. The molecule has 0 aliphatic heterocycles. The van der Waals surface area contributed by atoms with Crippen LogP contribution in [0, 0.1) is 0 Å². The van der Waals surface area contributed by atoms with Gasteiger partial charge < -0.3 is 0 Å². The first-order chi connectivity index (χ1) is 6.51. The van der Waals surface area contributed by atoms with E-state index in [1.807, 2.05) is 4.72 Å². The molecule has 0 heterocycles. The van der Waals surface area contributed by atoms with Gasteiger partial charge in [-0.15, -0.1) is 6.58 Å². The maximum atomic E-state index is 10.4. The third kappa shape index (κ3) is 3.59. The molecule has 0 bridgehead atoms. The van der Waals surface area contributed by atoms with Crippen LogP contribution in [0.2, 0.25) is 0 Å². The topological polar surface area (TPSA) is 66.4 Å². The third-order valence-electron chi connectivity index (χ3n) is 1.58. The molecular weight excluding hydrogens is 202 g/mol. The number of nitrogens with one attached hydrogen (secondary N) is 1. The largest absolute Gasteiger partial charge is 0.357 e. The molecule has 0 radical (unpaired) electrons. The van der Waals surface area contributed by atoms with Crippen LogP contribution in [0.5, 0.6) is 0 Å². The number of benzene rings is 1. The van der Waals surface area contributed by atoms with E-state index >= 15 is 0 Å². The van der Waals surface area contributed by atoms with Crippen LogP contribution in [0.4, 0.5) is 5.69 Å². The molecule has 1 aromatic rings. The van der Waals surface area contributed by atoms with E-state index in [4.69, 9.17) is 4.55 Å². The average molecular weight is 213 g/mol. The van der Waals surface area contributed by atoms with Crippen LogP contribution in [0.15, 0.2) is 36.9 Å². The monoisotopic (exact) mass is 213 g/mol. The van der Waals surface area contributed by atoms with Crippen molar-refractivity contribution in [2.45, 2.75) is 6.42 Å². The lowest BCUT2D eigenvalue weighted by Gasteiger charge is -2.02. The molecule has 0 fully saturated rings. The molecule has 0 unspecified atom stereocenters. The van der Waals surface area contributed by atoms with Crippen molar-refractivity contribution in [2.24, 2.45) is 0 Å². The van der Waals surface area contributed by atoms with Crippen molar-refractivity contribution in [3.05, 3.63) is 42.5 Å². The summed E-state index contributed by atoms with van der Waals surface area (Å²) in [5.41, 5.74) is 1.36. The van der Waals surface area contributed by atoms with Crippen molar-refractivity contribution >= 4 is 16.0 Å². The normalized spacial score (nSPS) is 10.9. The van der Waals surface area contributed by atoms with Crippen LogP contribution < -0.4 is 4.72 Å². The van der Waals surface area contributed by atoms with E-state index in [9.17, 15) is 8.42 Å². The maximum absolute atomic E-state index is 10.4. The Morgan fingerprint density at radius 1 is 1.36 bits per heavy atom. The summed E-state index contributed by atoms with van der Waals surface area (Å²) in [5, 5.41) is 0. The van der Waals surface area contributed by atoms with Gasteiger partial charge in [-0.1, -0.05) is 18.2 Å². The molecule has 5 heteroatoms. The molecule has 0 aliphatic rings. The molecule has 76 valence electrons. The summed E-state index contributed by atoms with van der Waals surface area (Å²) in [6.07, 6.45) is 2.48. The average Bonchev–Trinajstić information content (AvgIpc) is 2.06. The second-order valence-corrected chi connectivity index (χ2v) is 3.92. The Balaban J connectivity index is 2.78. The number of allylic oxidation sites excluding steroid dienone is 1. The van der Waals surface area contributed by atoms with E-state index in [2.05, 4.69) is 6.58 Å². The standard InChI is InChI=1S/C9H11NO3S/c1-2-3-8-4-6-9(7-5-8)10-14(11,12)13/h2,4-7,10H,1,3H2,(H,11,12,13). The smallest absolute Gasteiger partial charge is 0.269 e. The van der Waals surface area contributed by atoms with Gasteiger partial charge in [0.1, 0.15) is 0 Å². The highest BCUT2D eigenvalue weighted by atomic mass is 32.2. The van der Waals surface area contributed by atoms with Crippen LogP contribution in [-0.2, 0) is 16.7 Å². The number of hydrogen-bond acceptors (Lipinski definition) is 2. The SMILES string of the molecule is C=CCc1ccc(NS(=O)(=O)O)cc1. The van der Waals surface area contributed by atoms with Crippen LogP contribution in [0.25, 0.3) is 0 Å². The highest BCUT2D eigenvalue weighted by Gasteiger charge is 2.02. The summed E-state index contributed by atoms with van der Waals surface area (Å²) in [6, 6.07) is 6.67. The zero-order valence-corrected chi connectivity index (χ0v) is 8.29. The first kappa shape index (κ1) is 10.7. The Kier molecular flexibility index (Phi) is 3.27. The van der Waals surface area contributed by atoms with Gasteiger partial charge in [-0.05, 0) is 24.1 Å². The lowest BCUT2D eigenvalue weighted by Crippen LogP contribution is -2.10. The van der Waals surface area contributed by atoms with Gasteiger partial charge in [0.2, 0.25) is 0 Å². The number of anilines is 1. The molecule has 1 aromatic carbocycles. The zero-order valence-electron chi connectivity index (χ0n) is 7.47. The summed E-state index contributed by atoms with van der Waals surface area (Å²) >= 11 is 0. The Morgan fingerprint density at radius 3 is 2.36 bits per heavy atom. The van der Waals surface area contributed by atoms with E-state index in [1.54, 1.807) is 30.3 Å². The molecule has 14 heavy (non-hydrogen) atoms. The van der Waals surface area contributed by atoms with Crippen molar-refractivity contribution in [2.75, 3.05) is 4.72 Å². The van der Waals surface area contributed by atoms with Crippen molar-refractivity contribution in [3.63, 3.8) is 0 Å². The van der Waals surface area contributed by atoms with Crippen LogP contribution in [0.3, 0.4) is 0 Å². The second-order valence-electron chi connectivity index (χ2n) is 2.77. The molecule has 0 aromatic heterocycles. The van der Waals surface area contributed by atoms with Gasteiger partial charge in [-0.3, -0.25) is 9.27 Å². The molecule has 0 spiro atoms. The molecule has 0 saturated carbocycles. The van der Waals surface area contributed by atoms with Crippen molar-refractivity contribution in [1.29, 1.82) is 0 Å². The summed E-state index contributed by atoms with van der Waals surface area (Å²) in [4.78, 5) is 0. The first-order valence-electron chi connectivity index (χ1n) is 3.96. The molecule has 4 nitrogen and oxygen atoms in total. The Hall–Kier alpha value is -1.33. The van der Waals surface area contributed by atoms with Gasteiger partial charge in [-0.25, -0.2) is 0 Å². The molecule has 2 N–H and O–H groups in total. The molecule has 1 rings (SSSR count). The van der Waals surface area contributed by atoms with E-state index in [0.29, 0.717) is 5.69 Å². The predicted octanol–water partition coefficient (Wildman–Crippen LogP) is 1.63. The summed E-state index contributed by atoms with van der Waals surface area (Å²) in [5.74, 6) is 0. The number of hydrogen-bond donors (Lipinski definition) is 2. The predicted molar refractivity (Wildman–Crippen MR) is 55.5 cm³/mol. The Bertz CT molecular complexity index is 408. The van der Waals surface area contributed by atoms with Crippen LogP contribution in [0.1, 0.15) is 5.56 Å². The fourth-order valence-corrected chi connectivity index (χ4v) is 1.46. The van der Waals surface area contributed by atoms with Gasteiger partial charge >= 0.3 is 10.3 Å². The van der Waals surface area contributed by atoms with E-state index in [1.165, 1.54) is 0 Å². The summed E-state index contributed by atoms with van der Waals surface area (Å²) < 4.78 is 31.3. The van der Waals surface area contributed by atoms with Gasteiger partial charge in [0.15, 0.2) is 0 Å². The van der Waals surface area contributed by atoms with Crippen LogP contribution >= 0.6 is 0 Å². The first-order valence-corrected chi connectivity index (χ1v) is 5.40. The summed E-state index contributed by atoms with van der Waals surface area (Å²) in [6.45, 7) is 3.59.